The van der Waals surface area contributed by atoms with Crippen molar-refractivity contribution in [2.24, 2.45) is 11.8 Å². The average molecular weight is 248 g/mol. The van der Waals surface area contributed by atoms with Crippen LogP contribution in [0.1, 0.15) is 36.7 Å². The molecule has 1 unspecified atom stereocenters. The van der Waals surface area contributed by atoms with E-state index < -0.39 is 0 Å². The molecule has 1 atom stereocenters. The van der Waals surface area contributed by atoms with E-state index in [0.717, 1.165) is 5.56 Å². The molecule has 18 heavy (non-hydrogen) atoms. The number of rotatable bonds is 5. The Morgan fingerprint density at radius 1 is 1.11 bits per heavy atom. The minimum Gasteiger partial charge on any atom is -0.465 e. The van der Waals surface area contributed by atoms with Crippen molar-refractivity contribution in [3.05, 3.63) is 35.4 Å². The summed E-state index contributed by atoms with van der Waals surface area (Å²) in [6.45, 7) is 5.77. The molecule has 0 aliphatic heterocycles. The number of Topliss-reactive ketones (excluding diaryl/α,β-unsaturated/α-hetero) is 1. The Bertz CT molecular complexity index is 418. The van der Waals surface area contributed by atoms with Crippen molar-refractivity contribution in [3.8, 4) is 0 Å². The highest BCUT2D eigenvalue weighted by Gasteiger charge is 2.16. The molecule has 0 saturated heterocycles. The van der Waals surface area contributed by atoms with Gasteiger partial charge in [0.1, 0.15) is 5.78 Å². The van der Waals surface area contributed by atoms with Crippen LogP contribution in [-0.2, 0) is 16.0 Å². The minimum absolute atomic E-state index is 0.00831. The van der Waals surface area contributed by atoms with Gasteiger partial charge in [-0.2, -0.15) is 0 Å². The van der Waals surface area contributed by atoms with Gasteiger partial charge in [0.05, 0.1) is 12.7 Å². The van der Waals surface area contributed by atoms with Gasteiger partial charge in [-0.15, -0.1) is 0 Å². The Morgan fingerprint density at radius 2 is 1.67 bits per heavy atom. The Balaban J connectivity index is 2.69. The Labute approximate surface area is 108 Å². The van der Waals surface area contributed by atoms with Crippen molar-refractivity contribution in [2.45, 2.75) is 27.2 Å². The number of hydrogen-bond acceptors (Lipinski definition) is 3. The van der Waals surface area contributed by atoms with Crippen LogP contribution in [0.3, 0.4) is 0 Å². The summed E-state index contributed by atoms with van der Waals surface area (Å²) in [7, 11) is 1.36. The Morgan fingerprint density at radius 3 is 2.11 bits per heavy atom. The summed E-state index contributed by atoms with van der Waals surface area (Å²) in [6.07, 6.45) is 0.707. The van der Waals surface area contributed by atoms with Crippen LogP contribution < -0.4 is 0 Å². The summed E-state index contributed by atoms with van der Waals surface area (Å²) in [6, 6.07) is 7.20. The molecule has 0 amide bonds. The third-order valence-corrected chi connectivity index (χ3v) is 2.97. The van der Waals surface area contributed by atoms with E-state index in [0.29, 0.717) is 12.0 Å². The normalized spacial score (nSPS) is 12.3. The highest BCUT2D eigenvalue weighted by Crippen LogP contribution is 2.14. The first-order chi connectivity index (χ1) is 8.45. The van der Waals surface area contributed by atoms with Crippen molar-refractivity contribution >= 4 is 11.8 Å². The SMILES string of the molecule is COC(=O)c1ccc(CC(C)C(=O)C(C)C)cc1. The monoisotopic (exact) mass is 248 g/mol. The summed E-state index contributed by atoms with van der Waals surface area (Å²) in [5.74, 6) is 0.00298. The molecule has 0 radical (unpaired) electrons. The molecule has 0 N–H and O–H groups in total. The molecule has 0 spiro atoms. The molecule has 1 aromatic rings. The van der Waals surface area contributed by atoms with Gasteiger partial charge in [-0.3, -0.25) is 4.79 Å². The van der Waals surface area contributed by atoms with E-state index in [9.17, 15) is 9.59 Å². The van der Waals surface area contributed by atoms with Crippen LogP contribution in [0.5, 0.6) is 0 Å². The van der Waals surface area contributed by atoms with Crippen molar-refractivity contribution < 1.29 is 14.3 Å². The van der Waals surface area contributed by atoms with E-state index in [1.54, 1.807) is 12.1 Å². The summed E-state index contributed by atoms with van der Waals surface area (Å²) >= 11 is 0. The molecule has 0 aromatic heterocycles. The van der Waals surface area contributed by atoms with Gasteiger partial charge in [0.2, 0.25) is 0 Å². The molecule has 98 valence electrons. The van der Waals surface area contributed by atoms with Crippen LogP contribution in [-0.4, -0.2) is 18.9 Å². The van der Waals surface area contributed by atoms with Gasteiger partial charge < -0.3 is 4.74 Å². The van der Waals surface area contributed by atoms with Crippen molar-refractivity contribution in [3.63, 3.8) is 0 Å². The molecule has 1 rings (SSSR count). The number of benzene rings is 1. The van der Waals surface area contributed by atoms with E-state index in [-0.39, 0.29) is 23.6 Å². The smallest absolute Gasteiger partial charge is 0.337 e. The Hall–Kier alpha value is -1.64. The third kappa shape index (κ3) is 3.69. The van der Waals surface area contributed by atoms with Gasteiger partial charge in [-0.25, -0.2) is 4.79 Å². The van der Waals surface area contributed by atoms with Gasteiger partial charge in [0.25, 0.3) is 0 Å². The first-order valence-electron chi connectivity index (χ1n) is 6.16. The van der Waals surface area contributed by atoms with Crippen LogP contribution in [0, 0.1) is 11.8 Å². The molecule has 1 aromatic carbocycles. The number of methoxy groups -OCH3 is 1. The lowest BCUT2D eigenvalue weighted by Gasteiger charge is -2.13. The molecule has 0 bridgehead atoms. The predicted octanol–water partition coefficient (Wildman–Crippen LogP) is 2.88. The maximum atomic E-state index is 11.8. The molecule has 3 heteroatoms. The van der Waals surface area contributed by atoms with E-state index in [1.165, 1.54) is 7.11 Å². The number of ether oxygens (including phenoxy) is 1. The summed E-state index contributed by atoms with van der Waals surface area (Å²) < 4.78 is 4.63. The van der Waals surface area contributed by atoms with Crippen molar-refractivity contribution in [2.75, 3.05) is 7.11 Å². The lowest BCUT2D eigenvalue weighted by molar-refractivity contribution is -0.125. The molecular weight excluding hydrogens is 228 g/mol. The number of carbonyl (C=O) groups excluding carboxylic acids is 2. The molecule has 3 nitrogen and oxygen atoms in total. The van der Waals surface area contributed by atoms with Gasteiger partial charge in [-0.05, 0) is 24.1 Å². The van der Waals surface area contributed by atoms with Crippen LogP contribution in [0.2, 0.25) is 0 Å². The number of hydrogen-bond donors (Lipinski definition) is 0. The molecular formula is C15H20O3. The van der Waals surface area contributed by atoms with Gasteiger partial charge in [-0.1, -0.05) is 32.9 Å². The second-order valence-electron chi connectivity index (χ2n) is 4.85. The predicted molar refractivity (Wildman–Crippen MR) is 70.5 cm³/mol. The summed E-state index contributed by atoms with van der Waals surface area (Å²) in [5, 5.41) is 0. The van der Waals surface area contributed by atoms with Crippen LogP contribution in [0.25, 0.3) is 0 Å². The average Bonchev–Trinajstić information content (AvgIpc) is 2.37. The fourth-order valence-electron chi connectivity index (χ4n) is 1.92. The topological polar surface area (TPSA) is 43.4 Å². The molecule has 0 fully saturated rings. The summed E-state index contributed by atoms with van der Waals surface area (Å²) in [5.41, 5.74) is 1.59. The molecule has 0 heterocycles. The fourth-order valence-corrected chi connectivity index (χ4v) is 1.92. The van der Waals surface area contributed by atoms with E-state index >= 15 is 0 Å². The van der Waals surface area contributed by atoms with Crippen molar-refractivity contribution in [1.82, 2.24) is 0 Å². The maximum absolute atomic E-state index is 11.8. The van der Waals surface area contributed by atoms with E-state index in [1.807, 2.05) is 32.9 Å². The summed E-state index contributed by atoms with van der Waals surface area (Å²) in [4.78, 5) is 23.1. The zero-order chi connectivity index (χ0) is 13.7. The van der Waals surface area contributed by atoms with Crippen molar-refractivity contribution in [1.29, 1.82) is 0 Å². The first kappa shape index (κ1) is 14.4. The highest BCUT2D eigenvalue weighted by atomic mass is 16.5. The molecule has 0 aliphatic rings. The van der Waals surface area contributed by atoms with E-state index in [2.05, 4.69) is 4.74 Å². The largest absolute Gasteiger partial charge is 0.465 e. The third-order valence-electron chi connectivity index (χ3n) is 2.97. The number of ketones is 1. The molecule has 0 saturated carbocycles. The zero-order valence-corrected chi connectivity index (χ0v) is 11.4. The first-order valence-corrected chi connectivity index (χ1v) is 6.16. The quantitative estimate of drug-likeness (QED) is 0.752. The standard InChI is InChI=1S/C15H20O3/c1-10(2)14(16)11(3)9-12-5-7-13(8-6-12)15(17)18-4/h5-8,10-11H,9H2,1-4H3. The van der Waals surface area contributed by atoms with Gasteiger partial charge in [0, 0.05) is 11.8 Å². The number of carbonyl (C=O) groups is 2. The lowest BCUT2D eigenvalue weighted by atomic mass is 9.91. The van der Waals surface area contributed by atoms with Gasteiger partial charge >= 0.3 is 5.97 Å². The molecule has 0 aliphatic carbocycles. The Kier molecular flexibility index (Phi) is 5.08. The lowest BCUT2D eigenvalue weighted by Crippen LogP contribution is -2.19. The zero-order valence-electron chi connectivity index (χ0n) is 11.4. The van der Waals surface area contributed by atoms with Crippen LogP contribution in [0.4, 0.5) is 0 Å². The van der Waals surface area contributed by atoms with Gasteiger partial charge in [0.15, 0.2) is 0 Å². The highest BCUT2D eigenvalue weighted by molar-refractivity contribution is 5.89. The number of esters is 1. The van der Waals surface area contributed by atoms with Crippen LogP contribution >= 0.6 is 0 Å². The van der Waals surface area contributed by atoms with E-state index in [4.69, 9.17) is 0 Å². The van der Waals surface area contributed by atoms with Crippen LogP contribution in [0.15, 0.2) is 24.3 Å². The maximum Gasteiger partial charge on any atom is 0.337 e. The minimum atomic E-state index is -0.340. The second-order valence-corrected chi connectivity index (χ2v) is 4.85. The second kappa shape index (κ2) is 6.34. The fraction of sp³-hybridized carbons (Fsp3) is 0.467.